The van der Waals surface area contributed by atoms with Gasteiger partial charge in [0, 0.05) is 5.41 Å². The molecular formula is C31H49NO3. The summed E-state index contributed by atoms with van der Waals surface area (Å²) in [5, 5.41) is 13.5. The van der Waals surface area contributed by atoms with E-state index in [1.54, 1.807) is 7.11 Å². The Morgan fingerprint density at radius 1 is 0.943 bits per heavy atom. The van der Waals surface area contributed by atoms with E-state index in [0.29, 0.717) is 29.6 Å². The molecule has 5 saturated carbocycles. The molecule has 4 nitrogen and oxygen atoms in total. The molecule has 5 aliphatic rings. The molecule has 6 unspecified atom stereocenters. The minimum atomic E-state index is -0.313. The Morgan fingerprint density at radius 2 is 1.66 bits per heavy atom. The van der Waals surface area contributed by atoms with Crippen molar-refractivity contribution in [1.82, 2.24) is 0 Å². The van der Waals surface area contributed by atoms with Crippen LogP contribution in [0.25, 0.3) is 0 Å². The monoisotopic (exact) mass is 483 g/mol. The standard InChI is InChI=1S/C31H49NO3/c1-19(2)20-11-16-31(26(33)35-8)18-17-29(6)21(25(20)31)9-10-23-28(5)14-13-24(32-34)27(3,4)22(28)12-15-30(23,29)7/h20-23,25,34H,1,9-18H2,2-8H3/t20?,21?,22?,23?,25?,28-,29+,30+,31?/m0/s1. The molecule has 0 aliphatic heterocycles. The average Bonchev–Trinajstić information content (AvgIpc) is 3.20. The summed E-state index contributed by atoms with van der Waals surface area (Å²) >= 11 is 0. The molecule has 5 aliphatic carbocycles. The van der Waals surface area contributed by atoms with Crippen LogP contribution in [-0.4, -0.2) is 24.0 Å². The lowest BCUT2D eigenvalue weighted by atomic mass is 9.32. The van der Waals surface area contributed by atoms with Crippen LogP contribution in [0.15, 0.2) is 17.3 Å². The van der Waals surface area contributed by atoms with E-state index in [9.17, 15) is 10.0 Å². The van der Waals surface area contributed by atoms with Crippen molar-refractivity contribution >= 4 is 11.7 Å². The summed E-state index contributed by atoms with van der Waals surface area (Å²) in [5.41, 5.74) is 2.64. The molecule has 1 N–H and O–H groups in total. The topological polar surface area (TPSA) is 58.9 Å². The van der Waals surface area contributed by atoms with Crippen molar-refractivity contribution < 1.29 is 14.7 Å². The van der Waals surface area contributed by atoms with Crippen LogP contribution >= 0.6 is 0 Å². The quantitative estimate of drug-likeness (QED) is 0.190. The van der Waals surface area contributed by atoms with Crippen LogP contribution in [0.4, 0.5) is 0 Å². The van der Waals surface area contributed by atoms with E-state index in [2.05, 4.69) is 53.3 Å². The van der Waals surface area contributed by atoms with Crippen molar-refractivity contribution in [1.29, 1.82) is 0 Å². The molecule has 0 spiro atoms. The van der Waals surface area contributed by atoms with Crippen molar-refractivity contribution in [2.24, 2.45) is 61.8 Å². The number of methoxy groups -OCH3 is 1. The molecule has 5 rings (SSSR count). The Labute approximate surface area is 213 Å². The largest absolute Gasteiger partial charge is 0.469 e. The third kappa shape index (κ3) is 2.98. The minimum Gasteiger partial charge on any atom is -0.469 e. The highest BCUT2D eigenvalue weighted by Gasteiger charge is 2.72. The van der Waals surface area contributed by atoms with Crippen LogP contribution in [0.2, 0.25) is 0 Å². The van der Waals surface area contributed by atoms with Gasteiger partial charge in [0.2, 0.25) is 0 Å². The lowest BCUT2D eigenvalue weighted by molar-refractivity contribution is -0.230. The summed E-state index contributed by atoms with van der Waals surface area (Å²) in [6, 6.07) is 0. The van der Waals surface area contributed by atoms with Crippen molar-refractivity contribution in [3.8, 4) is 0 Å². The second-order valence-electron chi connectivity index (χ2n) is 14.6. The molecule has 9 atom stereocenters. The summed E-state index contributed by atoms with van der Waals surface area (Å²) in [5.74, 6) is 2.62. The van der Waals surface area contributed by atoms with E-state index in [4.69, 9.17) is 4.74 Å². The predicted molar refractivity (Wildman–Crippen MR) is 140 cm³/mol. The van der Waals surface area contributed by atoms with Gasteiger partial charge >= 0.3 is 5.97 Å². The van der Waals surface area contributed by atoms with Crippen molar-refractivity contribution in [2.75, 3.05) is 7.11 Å². The molecule has 4 heteroatoms. The van der Waals surface area contributed by atoms with Crippen LogP contribution in [-0.2, 0) is 9.53 Å². The number of nitrogens with zero attached hydrogens (tertiary/aromatic N) is 1. The zero-order chi connectivity index (χ0) is 25.6. The first-order valence-electron chi connectivity index (χ1n) is 14.3. The van der Waals surface area contributed by atoms with Crippen molar-refractivity contribution in [3.05, 3.63) is 12.2 Å². The average molecular weight is 484 g/mol. The maximum atomic E-state index is 13.4. The molecule has 35 heavy (non-hydrogen) atoms. The summed E-state index contributed by atoms with van der Waals surface area (Å²) in [6.45, 7) is 19.1. The van der Waals surface area contributed by atoms with Gasteiger partial charge in [0.1, 0.15) is 0 Å². The third-order valence-corrected chi connectivity index (χ3v) is 13.6. The van der Waals surface area contributed by atoms with Crippen LogP contribution in [0, 0.1) is 56.7 Å². The van der Waals surface area contributed by atoms with Crippen molar-refractivity contribution in [3.63, 3.8) is 0 Å². The Morgan fingerprint density at radius 3 is 2.29 bits per heavy atom. The second-order valence-corrected chi connectivity index (χ2v) is 14.6. The minimum absolute atomic E-state index is 0.0427. The molecule has 0 radical (unpaired) electrons. The Bertz CT molecular complexity index is 953. The fourth-order valence-corrected chi connectivity index (χ4v) is 11.7. The number of fused-ring (bicyclic) bond motifs is 7. The van der Waals surface area contributed by atoms with E-state index in [1.807, 2.05) is 0 Å². The number of rotatable bonds is 2. The van der Waals surface area contributed by atoms with Crippen LogP contribution in [0.1, 0.15) is 106 Å². The highest BCUT2D eigenvalue weighted by molar-refractivity contribution is 5.90. The van der Waals surface area contributed by atoms with Gasteiger partial charge < -0.3 is 9.94 Å². The highest BCUT2D eigenvalue weighted by atomic mass is 16.5. The Kier molecular flexibility index (Phi) is 5.67. The van der Waals surface area contributed by atoms with Gasteiger partial charge in [0.15, 0.2) is 0 Å². The molecule has 5 fully saturated rings. The number of allylic oxidation sites excluding steroid dienone is 1. The molecule has 0 aromatic heterocycles. The first-order valence-corrected chi connectivity index (χ1v) is 14.3. The molecule has 0 aromatic rings. The first kappa shape index (κ1) is 25.3. The number of esters is 1. The Balaban J connectivity index is 1.56. The lowest BCUT2D eigenvalue weighted by Gasteiger charge is -2.72. The van der Waals surface area contributed by atoms with Gasteiger partial charge in [-0.05, 0) is 117 Å². The molecular weight excluding hydrogens is 434 g/mol. The van der Waals surface area contributed by atoms with Gasteiger partial charge in [-0.3, -0.25) is 4.79 Å². The summed E-state index contributed by atoms with van der Waals surface area (Å²) in [6.07, 6.45) is 11.1. The van der Waals surface area contributed by atoms with Gasteiger partial charge in [0.25, 0.3) is 0 Å². The fraction of sp³-hybridized carbons (Fsp3) is 0.871. The number of hydrogen-bond donors (Lipinski definition) is 1. The Hall–Kier alpha value is -1.32. The van der Waals surface area contributed by atoms with Gasteiger partial charge in [-0.1, -0.05) is 51.9 Å². The number of oxime groups is 1. The number of carbonyl (C=O) groups is 1. The van der Waals surface area contributed by atoms with E-state index in [1.165, 1.54) is 31.3 Å². The fourth-order valence-electron chi connectivity index (χ4n) is 11.7. The maximum Gasteiger partial charge on any atom is 0.312 e. The van der Waals surface area contributed by atoms with Crippen LogP contribution in [0.3, 0.4) is 0 Å². The molecule has 0 heterocycles. The van der Waals surface area contributed by atoms with Gasteiger partial charge in [-0.15, -0.1) is 0 Å². The summed E-state index contributed by atoms with van der Waals surface area (Å²) in [4.78, 5) is 13.4. The van der Waals surface area contributed by atoms with E-state index >= 15 is 0 Å². The maximum absolute atomic E-state index is 13.4. The second kappa shape index (κ2) is 7.84. The lowest BCUT2D eigenvalue weighted by Crippen LogP contribution is -2.66. The van der Waals surface area contributed by atoms with E-state index in [-0.39, 0.29) is 33.0 Å². The normalized spacial score (nSPS) is 51.5. The SMILES string of the molecule is C=C(C)C1CCC2(C(=O)OC)CC[C@]3(C)C(CCC4[C@@]5(C)CCC(=NO)C(C)(C)C5CC[C@]43C)C12. The zero-order valence-electron chi connectivity index (χ0n) is 23.4. The zero-order valence-corrected chi connectivity index (χ0v) is 23.4. The van der Waals surface area contributed by atoms with E-state index in [0.717, 1.165) is 44.2 Å². The molecule has 0 bridgehead atoms. The molecule has 196 valence electrons. The number of carbonyl (C=O) groups excluding carboxylic acids is 1. The number of hydrogen-bond acceptors (Lipinski definition) is 4. The molecule has 0 amide bonds. The smallest absolute Gasteiger partial charge is 0.312 e. The highest BCUT2D eigenvalue weighted by Crippen LogP contribution is 2.77. The summed E-state index contributed by atoms with van der Waals surface area (Å²) < 4.78 is 5.50. The van der Waals surface area contributed by atoms with Gasteiger partial charge in [-0.2, -0.15) is 0 Å². The summed E-state index contributed by atoms with van der Waals surface area (Å²) in [7, 11) is 1.59. The third-order valence-electron chi connectivity index (χ3n) is 13.6. The van der Waals surface area contributed by atoms with Crippen LogP contribution < -0.4 is 0 Å². The predicted octanol–water partition coefficient (Wildman–Crippen LogP) is 7.65. The van der Waals surface area contributed by atoms with Crippen LogP contribution in [0.5, 0.6) is 0 Å². The number of ether oxygens (including phenoxy) is 1. The van der Waals surface area contributed by atoms with E-state index < -0.39 is 0 Å². The molecule has 0 aromatic carbocycles. The first-order chi connectivity index (χ1) is 16.3. The molecule has 0 saturated heterocycles. The van der Waals surface area contributed by atoms with Gasteiger partial charge in [-0.25, -0.2) is 0 Å². The van der Waals surface area contributed by atoms with Gasteiger partial charge in [0.05, 0.1) is 18.2 Å². The van der Waals surface area contributed by atoms with Crippen molar-refractivity contribution in [2.45, 2.75) is 106 Å².